The lowest BCUT2D eigenvalue weighted by atomic mass is 10.1. The summed E-state index contributed by atoms with van der Waals surface area (Å²) in [5.74, 6) is 0.812. The van der Waals surface area contributed by atoms with Crippen molar-refractivity contribution in [3.63, 3.8) is 0 Å². The van der Waals surface area contributed by atoms with Gasteiger partial charge >= 0.3 is 0 Å². The molecule has 1 fully saturated rings. The van der Waals surface area contributed by atoms with Crippen molar-refractivity contribution in [2.75, 3.05) is 25.5 Å². The number of methoxy groups -OCH3 is 1. The fourth-order valence-corrected chi connectivity index (χ4v) is 3.19. The predicted molar refractivity (Wildman–Crippen MR) is 93.5 cm³/mol. The Morgan fingerprint density at radius 2 is 1.82 bits per heavy atom. The predicted octanol–water partition coefficient (Wildman–Crippen LogP) is 3.53. The normalized spacial score (nSPS) is 15.6. The number of likely N-dealkylation sites (tertiary alicyclic amines) is 1. The fourth-order valence-electron chi connectivity index (χ4n) is 2.90. The number of rotatable bonds is 3. The summed E-state index contributed by atoms with van der Waals surface area (Å²) in [5.41, 5.74) is 0.919. The number of piperidine rings is 1. The number of nitrogens with zero attached hydrogens (tertiary/aromatic N) is 2. The third-order valence-corrected chi connectivity index (χ3v) is 4.51. The largest absolute Gasteiger partial charge is 0.495 e. The monoisotopic (exact) mass is 315 g/mol. The van der Waals surface area contributed by atoms with Crippen LogP contribution in [0.3, 0.4) is 0 Å². The Hall–Kier alpha value is -2.01. The highest BCUT2D eigenvalue weighted by atomic mass is 32.1. The maximum absolute atomic E-state index is 5.55. The molecule has 0 radical (unpaired) electrons. The molecule has 0 bridgehead atoms. The summed E-state index contributed by atoms with van der Waals surface area (Å²) in [6, 6.07) is 12.6. The number of thiocarbonyl (C=S) groups is 1. The Bertz CT molecular complexity index is 619. The number of ether oxygens (including phenoxy) is 1. The topological polar surface area (TPSA) is 29.4 Å². The van der Waals surface area contributed by atoms with Crippen molar-refractivity contribution in [2.24, 2.45) is 0 Å². The minimum Gasteiger partial charge on any atom is -0.495 e. The second kappa shape index (κ2) is 6.83. The Morgan fingerprint density at radius 1 is 1.14 bits per heavy atom. The van der Waals surface area contributed by atoms with Crippen molar-refractivity contribution in [3.05, 3.63) is 48.8 Å². The number of hydrogen-bond donors (Lipinski definition) is 1. The second-order valence-electron chi connectivity index (χ2n) is 5.48. The maximum Gasteiger partial charge on any atom is 0.173 e. The number of anilines is 1. The van der Waals surface area contributed by atoms with E-state index in [1.807, 2.05) is 24.3 Å². The van der Waals surface area contributed by atoms with Crippen molar-refractivity contribution < 1.29 is 4.74 Å². The van der Waals surface area contributed by atoms with E-state index < -0.39 is 0 Å². The number of aromatic nitrogens is 1. The van der Waals surface area contributed by atoms with Gasteiger partial charge in [0, 0.05) is 31.5 Å². The molecule has 2 aromatic rings. The molecule has 1 aromatic heterocycles. The van der Waals surface area contributed by atoms with E-state index >= 15 is 0 Å². The van der Waals surface area contributed by atoms with E-state index in [0.29, 0.717) is 6.04 Å². The van der Waals surface area contributed by atoms with E-state index in [1.165, 1.54) is 0 Å². The van der Waals surface area contributed by atoms with Crippen LogP contribution in [-0.4, -0.2) is 34.8 Å². The van der Waals surface area contributed by atoms with E-state index in [2.05, 4.69) is 39.3 Å². The molecule has 1 saturated heterocycles. The van der Waals surface area contributed by atoms with Crippen molar-refractivity contribution in [2.45, 2.75) is 18.9 Å². The Labute approximate surface area is 136 Å². The third-order valence-electron chi connectivity index (χ3n) is 4.15. The van der Waals surface area contributed by atoms with Gasteiger partial charge in [0.2, 0.25) is 0 Å². The first-order valence-corrected chi connectivity index (χ1v) is 8.00. The van der Waals surface area contributed by atoms with Gasteiger partial charge in [-0.3, -0.25) is 0 Å². The zero-order valence-corrected chi connectivity index (χ0v) is 13.6. The van der Waals surface area contributed by atoms with Crippen molar-refractivity contribution in [3.8, 4) is 5.75 Å². The molecule has 1 aliphatic heterocycles. The van der Waals surface area contributed by atoms with Gasteiger partial charge in [-0.05, 0) is 49.3 Å². The summed E-state index contributed by atoms with van der Waals surface area (Å²) in [5, 5.41) is 4.08. The first-order chi connectivity index (χ1) is 10.8. The van der Waals surface area contributed by atoms with Gasteiger partial charge in [-0.1, -0.05) is 12.1 Å². The molecule has 0 atom stereocenters. The van der Waals surface area contributed by atoms with Gasteiger partial charge in [-0.2, -0.15) is 0 Å². The SMILES string of the molecule is COc1ccccc1NC(=S)N1CCC(n2cccc2)CC1. The molecule has 0 amide bonds. The summed E-state index contributed by atoms with van der Waals surface area (Å²) in [4.78, 5) is 2.24. The van der Waals surface area contributed by atoms with Gasteiger partial charge in [-0.25, -0.2) is 0 Å². The van der Waals surface area contributed by atoms with Crippen LogP contribution in [0, 0.1) is 0 Å². The average Bonchev–Trinajstić information content (AvgIpc) is 3.10. The molecule has 2 heterocycles. The number of benzene rings is 1. The van der Waals surface area contributed by atoms with Crippen LogP contribution in [0.1, 0.15) is 18.9 Å². The molecule has 116 valence electrons. The quantitative estimate of drug-likeness (QED) is 0.878. The Morgan fingerprint density at radius 3 is 2.50 bits per heavy atom. The van der Waals surface area contributed by atoms with E-state index in [9.17, 15) is 0 Å². The van der Waals surface area contributed by atoms with Gasteiger partial charge in [0.25, 0.3) is 0 Å². The van der Waals surface area contributed by atoms with Crippen molar-refractivity contribution in [1.82, 2.24) is 9.47 Å². The second-order valence-corrected chi connectivity index (χ2v) is 5.87. The minimum atomic E-state index is 0.584. The molecule has 3 rings (SSSR count). The minimum absolute atomic E-state index is 0.584. The molecule has 0 spiro atoms. The van der Waals surface area contributed by atoms with E-state index in [0.717, 1.165) is 42.5 Å². The molecule has 5 heteroatoms. The van der Waals surface area contributed by atoms with Crippen LogP contribution in [-0.2, 0) is 0 Å². The molecule has 0 saturated carbocycles. The lowest BCUT2D eigenvalue weighted by Crippen LogP contribution is -2.41. The van der Waals surface area contributed by atoms with Crippen LogP contribution in [0.25, 0.3) is 0 Å². The summed E-state index contributed by atoms with van der Waals surface area (Å²) in [6.45, 7) is 1.95. The van der Waals surface area contributed by atoms with Crippen molar-refractivity contribution >= 4 is 23.0 Å². The highest BCUT2D eigenvalue weighted by molar-refractivity contribution is 7.80. The van der Waals surface area contributed by atoms with Gasteiger partial charge in [0.1, 0.15) is 5.75 Å². The number of para-hydroxylation sites is 2. The molecular weight excluding hydrogens is 294 g/mol. The highest BCUT2D eigenvalue weighted by Crippen LogP contribution is 2.26. The fraction of sp³-hybridized carbons (Fsp3) is 0.353. The molecule has 22 heavy (non-hydrogen) atoms. The molecular formula is C17H21N3OS. The van der Waals surface area contributed by atoms with Gasteiger partial charge in [-0.15, -0.1) is 0 Å². The van der Waals surface area contributed by atoms with Crippen LogP contribution < -0.4 is 10.1 Å². The van der Waals surface area contributed by atoms with Crippen LogP contribution in [0.2, 0.25) is 0 Å². The molecule has 0 aliphatic carbocycles. The van der Waals surface area contributed by atoms with Gasteiger partial charge < -0.3 is 19.5 Å². The highest BCUT2D eigenvalue weighted by Gasteiger charge is 2.21. The molecule has 1 aliphatic rings. The third kappa shape index (κ3) is 3.25. The number of nitrogens with one attached hydrogen (secondary N) is 1. The zero-order valence-electron chi connectivity index (χ0n) is 12.7. The summed E-state index contributed by atoms with van der Waals surface area (Å²) in [6.07, 6.45) is 6.52. The number of hydrogen-bond acceptors (Lipinski definition) is 2. The maximum atomic E-state index is 5.55. The van der Waals surface area contributed by atoms with Crippen LogP contribution in [0.5, 0.6) is 5.75 Å². The molecule has 1 aromatic carbocycles. The average molecular weight is 315 g/mol. The lowest BCUT2D eigenvalue weighted by Gasteiger charge is -2.34. The standard InChI is InChI=1S/C17H21N3OS/c1-21-16-7-3-2-6-15(16)18-17(22)20-12-8-14(9-13-20)19-10-4-5-11-19/h2-7,10-11,14H,8-9,12-13H2,1H3,(H,18,22). The summed E-state index contributed by atoms with van der Waals surface area (Å²) in [7, 11) is 1.67. The lowest BCUT2D eigenvalue weighted by molar-refractivity contribution is 0.269. The van der Waals surface area contributed by atoms with E-state index in [1.54, 1.807) is 7.11 Å². The van der Waals surface area contributed by atoms with Crippen LogP contribution in [0.15, 0.2) is 48.8 Å². The van der Waals surface area contributed by atoms with Gasteiger partial charge in [0.05, 0.1) is 12.8 Å². The summed E-state index contributed by atoms with van der Waals surface area (Å²) < 4.78 is 7.66. The van der Waals surface area contributed by atoms with Gasteiger partial charge in [0.15, 0.2) is 5.11 Å². The summed E-state index contributed by atoms with van der Waals surface area (Å²) >= 11 is 5.55. The zero-order chi connectivity index (χ0) is 15.4. The van der Waals surface area contributed by atoms with Crippen LogP contribution >= 0.6 is 12.2 Å². The van der Waals surface area contributed by atoms with Crippen molar-refractivity contribution in [1.29, 1.82) is 0 Å². The Kier molecular flexibility index (Phi) is 4.63. The smallest absolute Gasteiger partial charge is 0.173 e. The molecule has 0 unspecified atom stereocenters. The Balaban J connectivity index is 1.58. The first-order valence-electron chi connectivity index (χ1n) is 7.59. The van der Waals surface area contributed by atoms with E-state index in [-0.39, 0.29) is 0 Å². The molecule has 4 nitrogen and oxygen atoms in total. The molecule has 1 N–H and O–H groups in total. The van der Waals surface area contributed by atoms with E-state index in [4.69, 9.17) is 17.0 Å². The first kappa shape index (κ1) is 14.9. The van der Waals surface area contributed by atoms with Crippen LogP contribution in [0.4, 0.5) is 5.69 Å².